The van der Waals surface area contributed by atoms with Crippen molar-refractivity contribution in [2.75, 3.05) is 16.4 Å². The molecule has 28 heavy (non-hydrogen) atoms. The van der Waals surface area contributed by atoms with E-state index in [-0.39, 0.29) is 6.03 Å². The molecule has 0 spiro atoms. The first-order valence-corrected chi connectivity index (χ1v) is 8.67. The minimum atomic E-state index is -0.313. The second kappa shape index (κ2) is 7.56. The van der Waals surface area contributed by atoms with Crippen LogP contribution in [0.1, 0.15) is 11.1 Å². The summed E-state index contributed by atoms with van der Waals surface area (Å²) in [6, 6.07) is 22.0. The second-order valence-corrected chi connectivity index (χ2v) is 6.11. The van der Waals surface area contributed by atoms with Crippen molar-refractivity contribution in [1.29, 1.82) is 0 Å². The number of benzene rings is 3. The molecule has 5 N–H and O–H groups in total. The maximum atomic E-state index is 12.1. The highest BCUT2D eigenvalue weighted by Crippen LogP contribution is 2.21. The van der Waals surface area contributed by atoms with Crippen molar-refractivity contribution in [1.82, 2.24) is 10.2 Å². The van der Waals surface area contributed by atoms with Crippen LogP contribution < -0.4 is 16.4 Å². The van der Waals surface area contributed by atoms with E-state index in [1.54, 1.807) is 0 Å². The molecule has 6 heteroatoms. The van der Waals surface area contributed by atoms with Crippen LogP contribution in [0.3, 0.4) is 0 Å². The first-order valence-electron chi connectivity index (χ1n) is 8.67. The van der Waals surface area contributed by atoms with E-state index in [1.807, 2.05) is 72.8 Å². The minimum Gasteiger partial charge on any atom is -0.382 e. The summed E-state index contributed by atoms with van der Waals surface area (Å²) in [4.78, 5) is 12.1. The maximum absolute atomic E-state index is 12.1. The molecule has 3 aromatic carbocycles. The van der Waals surface area contributed by atoms with Crippen molar-refractivity contribution in [3.8, 4) is 11.8 Å². The Labute approximate surface area is 161 Å². The number of hydrogen-bond acceptors (Lipinski definition) is 3. The van der Waals surface area contributed by atoms with Crippen LogP contribution in [0.15, 0.2) is 72.8 Å². The standard InChI is InChI=1S/C22H17N5O/c23-21-20-16(7-5-11-19(20)26-27-21)13-12-15-6-4-10-18(14-15)25-22(28)24-17-8-2-1-3-9-17/h1-11,14H,(H3,23,26,27)(H2,24,25,28). The molecule has 0 bridgehead atoms. The number of carbonyl (C=O) groups excluding carboxylic acids is 1. The average molecular weight is 367 g/mol. The number of carbonyl (C=O) groups is 1. The molecule has 4 rings (SSSR count). The molecule has 0 atom stereocenters. The Kier molecular flexibility index (Phi) is 4.64. The van der Waals surface area contributed by atoms with Gasteiger partial charge in [-0.1, -0.05) is 42.2 Å². The van der Waals surface area contributed by atoms with Gasteiger partial charge in [0, 0.05) is 22.5 Å². The molecule has 6 nitrogen and oxygen atoms in total. The summed E-state index contributed by atoms with van der Waals surface area (Å²) in [6.45, 7) is 0. The zero-order chi connectivity index (χ0) is 19.3. The van der Waals surface area contributed by atoms with E-state index in [2.05, 4.69) is 32.7 Å². The van der Waals surface area contributed by atoms with Gasteiger partial charge in [0.25, 0.3) is 0 Å². The van der Waals surface area contributed by atoms with Gasteiger partial charge in [-0.25, -0.2) is 4.79 Å². The van der Waals surface area contributed by atoms with Crippen LogP contribution in [0, 0.1) is 11.8 Å². The third-order valence-electron chi connectivity index (χ3n) is 4.11. The molecular weight excluding hydrogens is 350 g/mol. The average Bonchev–Trinajstić information content (AvgIpc) is 3.09. The summed E-state index contributed by atoms with van der Waals surface area (Å²) in [7, 11) is 0. The zero-order valence-electron chi connectivity index (χ0n) is 14.9. The van der Waals surface area contributed by atoms with Gasteiger partial charge in [0.1, 0.15) is 0 Å². The molecule has 0 aliphatic rings. The maximum Gasteiger partial charge on any atom is 0.323 e. The molecule has 136 valence electrons. The number of aromatic nitrogens is 2. The number of nitrogen functional groups attached to an aromatic ring is 1. The predicted molar refractivity (Wildman–Crippen MR) is 112 cm³/mol. The Hall–Kier alpha value is -4.24. The van der Waals surface area contributed by atoms with E-state index in [0.29, 0.717) is 11.5 Å². The topological polar surface area (TPSA) is 95.8 Å². The summed E-state index contributed by atoms with van der Waals surface area (Å²) >= 11 is 0. The van der Waals surface area contributed by atoms with Crippen LogP contribution in [-0.4, -0.2) is 16.2 Å². The summed E-state index contributed by atoms with van der Waals surface area (Å²) in [5, 5.41) is 13.3. The lowest BCUT2D eigenvalue weighted by Crippen LogP contribution is -2.19. The van der Waals surface area contributed by atoms with Gasteiger partial charge in [0.05, 0.1) is 10.9 Å². The molecule has 0 fully saturated rings. The molecule has 0 saturated carbocycles. The normalized spacial score (nSPS) is 10.1. The Morgan fingerprint density at radius 3 is 2.50 bits per heavy atom. The molecule has 1 aromatic heterocycles. The lowest BCUT2D eigenvalue weighted by molar-refractivity contribution is 0.262. The molecule has 0 aliphatic carbocycles. The number of nitrogens with zero attached hydrogens (tertiary/aromatic N) is 1. The fraction of sp³-hybridized carbons (Fsp3) is 0. The van der Waals surface area contributed by atoms with E-state index >= 15 is 0 Å². The molecule has 0 aliphatic heterocycles. The van der Waals surface area contributed by atoms with Crippen LogP contribution >= 0.6 is 0 Å². The summed E-state index contributed by atoms with van der Waals surface area (Å²) < 4.78 is 0. The Morgan fingerprint density at radius 1 is 0.893 bits per heavy atom. The number of anilines is 3. The summed E-state index contributed by atoms with van der Waals surface area (Å²) in [5.41, 5.74) is 9.72. The van der Waals surface area contributed by atoms with E-state index in [1.165, 1.54) is 0 Å². The van der Waals surface area contributed by atoms with Crippen molar-refractivity contribution in [3.05, 3.63) is 83.9 Å². The summed E-state index contributed by atoms with van der Waals surface area (Å²) in [6.07, 6.45) is 0. The number of hydrogen-bond donors (Lipinski definition) is 4. The van der Waals surface area contributed by atoms with E-state index in [4.69, 9.17) is 5.73 Å². The van der Waals surface area contributed by atoms with Crippen molar-refractivity contribution >= 4 is 34.1 Å². The number of H-pyrrole nitrogens is 1. The fourth-order valence-electron chi connectivity index (χ4n) is 2.83. The Balaban J connectivity index is 1.52. The van der Waals surface area contributed by atoms with Crippen molar-refractivity contribution < 1.29 is 4.79 Å². The van der Waals surface area contributed by atoms with Gasteiger partial charge < -0.3 is 16.4 Å². The van der Waals surface area contributed by atoms with Gasteiger partial charge in [-0.2, -0.15) is 5.10 Å². The SMILES string of the molecule is Nc1n[nH]c2cccc(C#Cc3cccc(NC(=O)Nc4ccccc4)c3)c12. The van der Waals surface area contributed by atoms with Crippen LogP contribution in [0.2, 0.25) is 0 Å². The van der Waals surface area contributed by atoms with Gasteiger partial charge in [-0.15, -0.1) is 0 Å². The smallest absolute Gasteiger partial charge is 0.323 e. The number of para-hydroxylation sites is 1. The minimum absolute atomic E-state index is 0.313. The third kappa shape index (κ3) is 3.79. The third-order valence-corrected chi connectivity index (χ3v) is 4.11. The lowest BCUT2D eigenvalue weighted by Gasteiger charge is -2.07. The molecule has 0 saturated heterocycles. The largest absolute Gasteiger partial charge is 0.382 e. The van der Waals surface area contributed by atoms with Gasteiger partial charge >= 0.3 is 6.03 Å². The molecule has 0 radical (unpaired) electrons. The van der Waals surface area contributed by atoms with Gasteiger partial charge in [0.15, 0.2) is 5.82 Å². The van der Waals surface area contributed by atoms with Crippen molar-refractivity contribution in [2.45, 2.75) is 0 Å². The van der Waals surface area contributed by atoms with Crippen LogP contribution in [0.5, 0.6) is 0 Å². The van der Waals surface area contributed by atoms with E-state index < -0.39 is 0 Å². The first kappa shape index (κ1) is 17.2. The van der Waals surface area contributed by atoms with Gasteiger partial charge in [0.2, 0.25) is 0 Å². The second-order valence-electron chi connectivity index (χ2n) is 6.11. The number of fused-ring (bicyclic) bond motifs is 1. The highest BCUT2D eigenvalue weighted by atomic mass is 16.2. The number of nitrogens with one attached hydrogen (secondary N) is 3. The number of rotatable bonds is 2. The molecule has 4 aromatic rings. The molecule has 0 unspecified atom stereocenters. The van der Waals surface area contributed by atoms with Crippen LogP contribution in [0.4, 0.5) is 22.0 Å². The lowest BCUT2D eigenvalue weighted by atomic mass is 10.1. The van der Waals surface area contributed by atoms with Crippen LogP contribution in [-0.2, 0) is 0 Å². The number of amides is 2. The first-order chi connectivity index (χ1) is 13.7. The molecular formula is C22H17N5O. The fourth-order valence-corrected chi connectivity index (χ4v) is 2.83. The van der Waals surface area contributed by atoms with Gasteiger partial charge in [-0.3, -0.25) is 5.10 Å². The van der Waals surface area contributed by atoms with E-state index in [0.717, 1.165) is 27.7 Å². The van der Waals surface area contributed by atoms with Gasteiger partial charge in [-0.05, 0) is 42.5 Å². The monoisotopic (exact) mass is 367 g/mol. The number of urea groups is 1. The quantitative estimate of drug-likeness (QED) is 0.400. The predicted octanol–water partition coefficient (Wildman–Crippen LogP) is 4.19. The summed E-state index contributed by atoms with van der Waals surface area (Å²) in [5.74, 6) is 6.67. The zero-order valence-corrected chi connectivity index (χ0v) is 14.9. The Bertz CT molecular complexity index is 1200. The van der Waals surface area contributed by atoms with Crippen LogP contribution in [0.25, 0.3) is 10.9 Å². The highest BCUT2D eigenvalue weighted by Gasteiger charge is 2.06. The Morgan fingerprint density at radius 2 is 1.64 bits per heavy atom. The molecule has 1 heterocycles. The highest BCUT2D eigenvalue weighted by molar-refractivity contribution is 5.99. The number of aromatic amines is 1. The van der Waals surface area contributed by atoms with E-state index in [9.17, 15) is 4.79 Å². The number of nitrogens with two attached hydrogens (primary N) is 1. The molecule has 2 amide bonds. The van der Waals surface area contributed by atoms with Crippen molar-refractivity contribution in [3.63, 3.8) is 0 Å². The van der Waals surface area contributed by atoms with Crippen molar-refractivity contribution in [2.24, 2.45) is 0 Å².